The molecule has 1 heterocycles. The van der Waals surface area contributed by atoms with Crippen molar-refractivity contribution in [2.75, 3.05) is 16.8 Å². The van der Waals surface area contributed by atoms with E-state index < -0.39 is 0 Å². The Balaban J connectivity index is 1.80. The van der Waals surface area contributed by atoms with Crippen LogP contribution in [0.4, 0.5) is 11.4 Å². The molecule has 0 unspecified atom stereocenters. The number of fused-ring (bicyclic) bond motifs is 1. The van der Waals surface area contributed by atoms with Crippen molar-refractivity contribution in [2.45, 2.75) is 26.2 Å². The van der Waals surface area contributed by atoms with Gasteiger partial charge in [-0.3, -0.25) is 9.59 Å². The molecule has 0 bridgehead atoms. The van der Waals surface area contributed by atoms with Crippen molar-refractivity contribution < 1.29 is 9.59 Å². The molecule has 124 valence electrons. The lowest BCUT2D eigenvalue weighted by Crippen LogP contribution is -2.35. The molecule has 2 aromatic carbocycles. The summed E-state index contributed by atoms with van der Waals surface area (Å²) in [7, 11) is 0. The molecular weight excluding hydrogens is 368 g/mol. The topological polar surface area (TPSA) is 49.4 Å². The summed E-state index contributed by atoms with van der Waals surface area (Å²) < 4.78 is 0.938. The molecule has 24 heavy (non-hydrogen) atoms. The van der Waals surface area contributed by atoms with Crippen LogP contribution < -0.4 is 10.2 Å². The monoisotopic (exact) mass is 386 g/mol. The van der Waals surface area contributed by atoms with Crippen molar-refractivity contribution in [3.8, 4) is 0 Å². The van der Waals surface area contributed by atoms with Gasteiger partial charge in [0.25, 0.3) is 5.91 Å². The van der Waals surface area contributed by atoms with Gasteiger partial charge in [0, 0.05) is 34.4 Å². The molecule has 5 heteroatoms. The maximum atomic E-state index is 12.3. The van der Waals surface area contributed by atoms with E-state index in [0.717, 1.165) is 40.8 Å². The Morgan fingerprint density at radius 2 is 1.92 bits per heavy atom. The highest BCUT2D eigenvalue weighted by Gasteiger charge is 2.23. The molecule has 0 saturated carbocycles. The lowest BCUT2D eigenvalue weighted by atomic mass is 10.00. The van der Waals surface area contributed by atoms with Gasteiger partial charge in [-0.15, -0.1) is 0 Å². The SMILES string of the molecule is CCCN1C(=O)CCc2cc(NC(=O)c3ccc(Br)cc3)ccc21. The first kappa shape index (κ1) is 16.7. The molecular formula is C19H19BrN2O2. The lowest BCUT2D eigenvalue weighted by molar-refractivity contribution is -0.118. The second-order valence-electron chi connectivity index (χ2n) is 5.85. The Labute approximate surface area is 150 Å². The molecule has 1 aliphatic rings. The number of amides is 2. The largest absolute Gasteiger partial charge is 0.322 e. The van der Waals surface area contributed by atoms with E-state index in [1.807, 2.05) is 35.2 Å². The number of benzene rings is 2. The highest BCUT2D eigenvalue weighted by atomic mass is 79.9. The summed E-state index contributed by atoms with van der Waals surface area (Å²) >= 11 is 3.36. The standard InChI is InChI=1S/C19H19BrN2O2/c1-2-11-22-17-9-8-16(12-14(17)5-10-18(22)23)21-19(24)13-3-6-15(20)7-4-13/h3-4,6-9,12H,2,5,10-11H2,1H3,(H,21,24). The van der Waals surface area contributed by atoms with Crippen LogP contribution in [-0.2, 0) is 11.2 Å². The zero-order chi connectivity index (χ0) is 17.1. The number of carbonyl (C=O) groups excluding carboxylic acids is 2. The summed E-state index contributed by atoms with van der Waals surface area (Å²) in [6.45, 7) is 2.80. The molecule has 0 fully saturated rings. The molecule has 3 rings (SSSR count). The van der Waals surface area contributed by atoms with Crippen molar-refractivity contribution in [1.29, 1.82) is 0 Å². The summed E-state index contributed by atoms with van der Waals surface area (Å²) in [5, 5.41) is 2.93. The maximum Gasteiger partial charge on any atom is 0.255 e. The van der Waals surface area contributed by atoms with E-state index in [9.17, 15) is 9.59 Å². The number of anilines is 2. The van der Waals surface area contributed by atoms with Crippen molar-refractivity contribution in [3.05, 3.63) is 58.1 Å². The minimum absolute atomic E-state index is 0.139. The minimum Gasteiger partial charge on any atom is -0.322 e. The van der Waals surface area contributed by atoms with Crippen LogP contribution in [0.2, 0.25) is 0 Å². The Morgan fingerprint density at radius 3 is 2.62 bits per heavy atom. The first-order valence-electron chi connectivity index (χ1n) is 8.08. The number of halogens is 1. The van der Waals surface area contributed by atoms with Gasteiger partial charge in [-0.25, -0.2) is 0 Å². The van der Waals surface area contributed by atoms with Gasteiger partial charge < -0.3 is 10.2 Å². The van der Waals surface area contributed by atoms with E-state index >= 15 is 0 Å². The summed E-state index contributed by atoms with van der Waals surface area (Å²) in [6, 6.07) is 13.0. The van der Waals surface area contributed by atoms with Gasteiger partial charge >= 0.3 is 0 Å². The number of nitrogens with one attached hydrogen (secondary N) is 1. The van der Waals surface area contributed by atoms with Crippen LogP contribution >= 0.6 is 15.9 Å². The average molecular weight is 387 g/mol. The third kappa shape index (κ3) is 3.51. The van der Waals surface area contributed by atoms with E-state index in [4.69, 9.17) is 0 Å². The van der Waals surface area contributed by atoms with E-state index in [1.54, 1.807) is 12.1 Å². The molecule has 2 amide bonds. The lowest BCUT2D eigenvalue weighted by Gasteiger charge is -2.29. The smallest absolute Gasteiger partial charge is 0.255 e. The van der Waals surface area contributed by atoms with E-state index in [0.29, 0.717) is 12.0 Å². The molecule has 0 aliphatic carbocycles. The number of aryl methyl sites for hydroxylation is 1. The molecule has 0 atom stereocenters. The fourth-order valence-corrected chi connectivity index (χ4v) is 3.18. The van der Waals surface area contributed by atoms with Crippen molar-refractivity contribution in [2.24, 2.45) is 0 Å². The molecule has 4 nitrogen and oxygen atoms in total. The van der Waals surface area contributed by atoms with E-state index in [-0.39, 0.29) is 11.8 Å². The first-order chi connectivity index (χ1) is 11.6. The van der Waals surface area contributed by atoms with Gasteiger partial charge in [0.15, 0.2) is 0 Å². The fraction of sp³-hybridized carbons (Fsp3) is 0.263. The molecule has 2 aromatic rings. The molecule has 0 spiro atoms. The molecule has 0 radical (unpaired) electrons. The van der Waals surface area contributed by atoms with E-state index in [1.165, 1.54) is 0 Å². The summed E-state index contributed by atoms with van der Waals surface area (Å²) in [6.07, 6.45) is 2.17. The predicted octanol–water partition coefficient (Wildman–Crippen LogP) is 4.39. The highest BCUT2D eigenvalue weighted by molar-refractivity contribution is 9.10. The van der Waals surface area contributed by atoms with Crippen molar-refractivity contribution in [3.63, 3.8) is 0 Å². The second kappa shape index (κ2) is 7.18. The fourth-order valence-electron chi connectivity index (χ4n) is 2.91. The van der Waals surface area contributed by atoms with E-state index in [2.05, 4.69) is 28.2 Å². The third-order valence-corrected chi connectivity index (χ3v) is 4.62. The Hall–Kier alpha value is -2.14. The van der Waals surface area contributed by atoms with Crippen LogP contribution in [0.5, 0.6) is 0 Å². The van der Waals surface area contributed by atoms with Gasteiger partial charge in [0.1, 0.15) is 0 Å². The second-order valence-corrected chi connectivity index (χ2v) is 6.77. The zero-order valence-electron chi connectivity index (χ0n) is 13.5. The zero-order valence-corrected chi connectivity index (χ0v) is 15.1. The Morgan fingerprint density at radius 1 is 1.17 bits per heavy atom. The number of carbonyl (C=O) groups is 2. The van der Waals surface area contributed by atoms with Crippen LogP contribution in [0.25, 0.3) is 0 Å². The first-order valence-corrected chi connectivity index (χ1v) is 8.88. The number of nitrogens with zero attached hydrogens (tertiary/aromatic N) is 1. The van der Waals surface area contributed by atoms with Crippen LogP contribution in [-0.4, -0.2) is 18.4 Å². The number of rotatable bonds is 4. The van der Waals surface area contributed by atoms with Crippen LogP contribution in [0.1, 0.15) is 35.7 Å². The number of hydrogen-bond acceptors (Lipinski definition) is 2. The Bertz CT molecular complexity index is 771. The maximum absolute atomic E-state index is 12.3. The quantitative estimate of drug-likeness (QED) is 0.846. The van der Waals surface area contributed by atoms with Crippen LogP contribution in [0.3, 0.4) is 0 Å². The third-order valence-electron chi connectivity index (χ3n) is 4.09. The van der Waals surface area contributed by atoms with Gasteiger partial charge in [-0.2, -0.15) is 0 Å². The highest BCUT2D eigenvalue weighted by Crippen LogP contribution is 2.30. The molecule has 1 N–H and O–H groups in total. The summed E-state index contributed by atoms with van der Waals surface area (Å²) in [5.74, 6) is 0.0377. The van der Waals surface area contributed by atoms with Gasteiger partial charge in [-0.1, -0.05) is 22.9 Å². The number of hydrogen-bond donors (Lipinski definition) is 1. The van der Waals surface area contributed by atoms with Gasteiger partial charge in [0.05, 0.1) is 0 Å². The Kier molecular flexibility index (Phi) is 5.00. The summed E-state index contributed by atoms with van der Waals surface area (Å²) in [4.78, 5) is 26.2. The van der Waals surface area contributed by atoms with Crippen molar-refractivity contribution >= 4 is 39.1 Å². The van der Waals surface area contributed by atoms with Crippen LogP contribution in [0, 0.1) is 0 Å². The van der Waals surface area contributed by atoms with Gasteiger partial charge in [-0.05, 0) is 60.9 Å². The van der Waals surface area contributed by atoms with Crippen LogP contribution in [0.15, 0.2) is 46.9 Å². The van der Waals surface area contributed by atoms with Gasteiger partial charge in [0.2, 0.25) is 5.91 Å². The average Bonchev–Trinajstić information content (AvgIpc) is 2.58. The minimum atomic E-state index is -0.139. The summed E-state index contributed by atoms with van der Waals surface area (Å²) in [5.41, 5.74) is 3.44. The molecule has 1 aliphatic heterocycles. The normalized spacial score (nSPS) is 13.6. The molecule has 0 aromatic heterocycles. The molecule has 0 saturated heterocycles. The predicted molar refractivity (Wildman–Crippen MR) is 99.5 cm³/mol. The van der Waals surface area contributed by atoms with Crippen molar-refractivity contribution in [1.82, 2.24) is 0 Å².